The second-order valence-electron chi connectivity index (χ2n) is 6.33. The average Bonchev–Trinajstić information content (AvgIpc) is 2.78. The first-order valence-electron chi connectivity index (χ1n) is 7.52. The number of hydrogen-bond acceptors (Lipinski definition) is 4. The van der Waals surface area contributed by atoms with Gasteiger partial charge in [0, 0.05) is 0 Å². The van der Waals surface area contributed by atoms with E-state index in [1.807, 2.05) is 7.85 Å². The standard InChI is InChI=1S/C14H26BNO4/c1-14(2,3)20-13(18)16-11(8-9-15)12(17)19-10-6-4-5-7-10/h10-11H,4-9,15H2,1-3H3,(H,16,18)/t11-/m0/s1. The molecule has 0 spiro atoms. The Hall–Kier alpha value is -1.20. The lowest BCUT2D eigenvalue weighted by atomic mass is 9.97. The zero-order chi connectivity index (χ0) is 15.2. The lowest BCUT2D eigenvalue weighted by Gasteiger charge is -2.23. The fourth-order valence-electron chi connectivity index (χ4n) is 2.24. The molecule has 20 heavy (non-hydrogen) atoms. The molecule has 1 fully saturated rings. The number of alkyl carbamates (subject to hydrolysis) is 1. The van der Waals surface area contributed by atoms with Crippen molar-refractivity contribution in [2.75, 3.05) is 0 Å². The molecule has 0 aliphatic heterocycles. The van der Waals surface area contributed by atoms with Crippen molar-refractivity contribution in [2.45, 2.75) is 76.9 Å². The van der Waals surface area contributed by atoms with Gasteiger partial charge < -0.3 is 14.8 Å². The van der Waals surface area contributed by atoms with Crippen molar-refractivity contribution in [2.24, 2.45) is 0 Å². The molecule has 1 aliphatic rings. The van der Waals surface area contributed by atoms with Gasteiger partial charge in [0.1, 0.15) is 25.6 Å². The van der Waals surface area contributed by atoms with Gasteiger partial charge in [0.05, 0.1) is 0 Å². The Morgan fingerprint density at radius 2 is 1.90 bits per heavy atom. The van der Waals surface area contributed by atoms with Crippen molar-refractivity contribution in [1.29, 1.82) is 0 Å². The maximum absolute atomic E-state index is 12.1. The van der Waals surface area contributed by atoms with Crippen LogP contribution in [0.4, 0.5) is 4.79 Å². The lowest BCUT2D eigenvalue weighted by Crippen LogP contribution is -2.44. The van der Waals surface area contributed by atoms with Gasteiger partial charge in [0.15, 0.2) is 0 Å². The summed E-state index contributed by atoms with van der Waals surface area (Å²) in [7, 11) is 1.96. The van der Waals surface area contributed by atoms with E-state index >= 15 is 0 Å². The molecule has 1 rings (SSSR count). The Labute approximate surface area is 122 Å². The van der Waals surface area contributed by atoms with E-state index in [4.69, 9.17) is 9.47 Å². The second kappa shape index (κ2) is 7.55. The van der Waals surface area contributed by atoms with E-state index in [0.717, 1.165) is 32.0 Å². The first-order valence-corrected chi connectivity index (χ1v) is 7.52. The van der Waals surface area contributed by atoms with Crippen LogP contribution in [0.3, 0.4) is 0 Å². The number of esters is 1. The molecule has 0 radical (unpaired) electrons. The minimum absolute atomic E-state index is 0.0160. The SMILES string of the molecule is BCC[C@H](NC(=O)OC(C)(C)C)C(=O)OC1CCCC1. The third-order valence-corrected chi connectivity index (χ3v) is 3.14. The van der Waals surface area contributed by atoms with Crippen molar-refractivity contribution >= 4 is 19.9 Å². The minimum atomic E-state index is -0.615. The van der Waals surface area contributed by atoms with Gasteiger partial charge >= 0.3 is 12.1 Å². The first-order chi connectivity index (χ1) is 9.31. The Kier molecular flexibility index (Phi) is 6.36. The van der Waals surface area contributed by atoms with Gasteiger partial charge in [-0.2, -0.15) is 0 Å². The topological polar surface area (TPSA) is 64.6 Å². The smallest absolute Gasteiger partial charge is 0.408 e. The molecule has 1 amide bonds. The van der Waals surface area contributed by atoms with Gasteiger partial charge in [0.25, 0.3) is 0 Å². The van der Waals surface area contributed by atoms with Gasteiger partial charge in [-0.15, -0.1) is 0 Å². The van der Waals surface area contributed by atoms with Crippen molar-refractivity contribution in [1.82, 2.24) is 5.32 Å². The summed E-state index contributed by atoms with van der Waals surface area (Å²) in [5.74, 6) is -0.343. The molecule has 1 atom stereocenters. The number of carbonyl (C=O) groups excluding carboxylic acids is 2. The summed E-state index contributed by atoms with van der Waals surface area (Å²) in [6.07, 6.45) is 4.87. The monoisotopic (exact) mass is 283 g/mol. The number of ether oxygens (including phenoxy) is 2. The van der Waals surface area contributed by atoms with E-state index in [-0.39, 0.29) is 12.1 Å². The number of rotatable bonds is 5. The molecule has 0 aromatic rings. The van der Waals surface area contributed by atoms with Crippen LogP contribution >= 0.6 is 0 Å². The van der Waals surface area contributed by atoms with Crippen LogP contribution in [0.5, 0.6) is 0 Å². The summed E-state index contributed by atoms with van der Waals surface area (Å²) in [6.45, 7) is 5.37. The van der Waals surface area contributed by atoms with E-state index in [9.17, 15) is 9.59 Å². The average molecular weight is 283 g/mol. The van der Waals surface area contributed by atoms with Crippen LogP contribution in [0.15, 0.2) is 0 Å². The zero-order valence-electron chi connectivity index (χ0n) is 13.0. The number of hydrogen-bond donors (Lipinski definition) is 1. The highest BCUT2D eigenvalue weighted by atomic mass is 16.6. The first kappa shape index (κ1) is 16.9. The predicted octanol–water partition coefficient (Wildman–Crippen LogP) is 1.81. The van der Waals surface area contributed by atoms with E-state index in [2.05, 4.69) is 5.32 Å². The Bertz CT molecular complexity index is 335. The Morgan fingerprint density at radius 3 is 2.40 bits per heavy atom. The quantitative estimate of drug-likeness (QED) is 0.617. The molecule has 0 heterocycles. The van der Waals surface area contributed by atoms with E-state index in [1.54, 1.807) is 20.8 Å². The van der Waals surface area contributed by atoms with Gasteiger partial charge in [-0.25, -0.2) is 9.59 Å². The number of amides is 1. The lowest BCUT2D eigenvalue weighted by molar-refractivity contribution is -0.151. The molecule has 1 aliphatic carbocycles. The molecular formula is C14H26BNO4. The fraction of sp³-hybridized carbons (Fsp3) is 0.857. The van der Waals surface area contributed by atoms with Crippen molar-refractivity contribution in [3.63, 3.8) is 0 Å². The summed E-state index contributed by atoms with van der Waals surface area (Å²) in [6, 6.07) is -0.615. The summed E-state index contributed by atoms with van der Waals surface area (Å²) in [5.41, 5.74) is -0.573. The molecule has 1 saturated carbocycles. The largest absolute Gasteiger partial charge is 0.461 e. The molecule has 1 N–H and O–H groups in total. The zero-order valence-corrected chi connectivity index (χ0v) is 13.0. The van der Waals surface area contributed by atoms with Crippen LogP contribution in [0, 0.1) is 0 Å². The molecule has 0 unspecified atom stereocenters. The predicted molar refractivity (Wildman–Crippen MR) is 79.5 cm³/mol. The van der Waals surface area contributed by atoms with Crippen LogP contribution < -0.4 is 5.32 Å². The van der Waals surface area contributed by atoms with Crippen molar-refractivity contribution < 1.29 is 19.1 Å². The van der Waals surface area contributed by atoms with Gasteiger partial charge in [0.2, 0.25) is 0 Å². The van der Waals surface area contributed by atoms with Crippen LogP contribution in [0.2, 0.25) is 6.32 Å². The highest BCUT2D eigenvalue weighted by molar-refractivity contribution is 6.08. The maximum atomic E-state index is 12.1. The van der Waals surface area contributed by atoms with Crippen LogP contribution in [0.25, 0.3) is 0 Å². The van der Waals surface area contributed by atoms with E-state index < -0.39 is 17.7 Å². The Morgan fingerprint density at radius 1 is 1.30 bits per heavy atom. The van der Waals surface area contributed by atoms with Crippen molar-refractivity contribution in [3.8, 4) is 0 Å². The summed E-state index contributed by atoms with van der Waals surface area (Å²) >= 11 is 0. The third kappa shape index (κ3) is 6.30. The van der Waals surface area contributed by atoms with Crippen molar-refractivity contribution in [3.05, 3.63) is 0 Å². The summed E-state index contributed by atoms with van der Waals surface area (Å²) in [4.78, 5) is 23.8. The van der Waals surface area contributed by atoms with Gasteiger partial charge in [-0.05, 0) is 52.9 Å². The molecule has 0 saturated heterocycles. The normalized spacial score (nSPS) is 17.6. The molecule has 6 heteroatoms. The molecule has 0 bridgehead atoms. The van der Waals surface area contributed by atoms with Gasteiger partial charge in [-0.3, -0.25) is 0 Å². The van der Waals surface area contributed by atoms with E-state index in [1.165, 1.54) is 0 Å². The van der Waals surface area contributed by atoms with Crippen LogP contribution in [0.1, 0.15) is 52.9 Å². The molecule has 0 aromatic carbocycles. The minimum Gasteiger partial charge on any atom is -0.461 e. The fourth-order valence-corrected chi connectivity index (χ4v) is 2.24. The summed E-state index contributed by atoms with van der Waals surface area (Å²) < 4.78 is 10.6. The highest BCUT2D eigenvalue weighted by Gasteiger charge is 2.27. The summed E-state index contributed by atoms with van der Waals surface area (Å²) in [5, 5.41) is 2.61. The van der Waals surface area contributed by atoms with E-state index in [0.29, 0.717) is 6.42 Å². The second-order valence-corrected chi connectivity index (χ2v) is 6.33. The molecular weight excluding hydrogens is 257 g/mol. The maximum Gasteiger partial charge on any atom is 0.408 e. The highest BCUT2D eigenvalue weighted by Crippen LogP contribution is 2.21. The number of carbonyl (C=O) groups is 2. The molecule has 5 nitrogen and oxygen atoms in total. The number of nitrogens with one attached hydrogen (secondary N) is 1. The molecule has 0 aromatic heterocycles. The molecule has 114 valence electrons. The van der Waals surface area contributed by atoms with Crippen LogP contribution in [-0.4, -0.2) is 37.7 Å². The van der Waals surface area contributed by atoms with Gasteiger partial charge in [-0.1, -0.05) is 6.32 Å². The third-order valence-electron chi connectivity index (χ3n) is 3.14. The van der Waals surface area contributed by atoms with Crippen LogP contribution in [-0.2, 0) is 14.3 Å². The Balaban J connectivity index is 2.49.